The van der Waals surface area contributed by atoms with Gasteiger partial charge in [-0.05, 0) is 30.2 Å². The number of ketones is 1. The molecule has 1 unspecified atom stereocenters. The highest BCUT2D eigenvalue weighted by molar-refractivity contribution is 6.36. The van der Waals surface area contributed by atoms with Crippen molar-refractivity contribution < 1.29 is 9.59 Å². The van der Waals surface area contributed by atoms with Gasteiger partial charge in [-0.2, -0.15) is 0 Å². The molecule has 0 N–H and O–H groups in total. The van der Waals surface area contributed by atoms with E-state index in [4.69, 9.17) is 23.2 Å². The van der Waals surface area contributed by atoms with Crippen LogP contribution in [0.4, 0.5) is 0 Å². The Morgan fingerprint density at radius 3 is 2.48 bits per heavy atom. The number of nitrogens with zero attached hydrogens (tertiary/aromatic N) is 1. The average molecular weight is 348 g/mol. The second kappa shape index (κ2) is 6.34. The predicted octanol–water partition coefficient (Wildman–Crippen LogP) is 4.32. The van der Waals surface area contributed by atoms with E-state index in [9.17, 15) is 9.59 Å². The Hall–Kier alpha value is -1.84. The van der Waals surface area contributed by atoms with Crippen LogP contribution in [0.15, 0.2) is 42.5 Å². The Labute approximate surface area is 144 Å². The maximum Gasteiger partial charge on any atom is 0.228 e. The highest BCUT2D eigenvalue weighted by Gasteiger charge is 2.32. The number of carbonyl (C=O) groups is 2. The molecule has 2 aromatic carbocycles. The van der Waals surface area contributed by atoms with E-state index in [1.54, 1.807) is 29.2 Å². The van der Waals surface area contributed by atoms with Crippen LogP contribution in [0.5, 0.6) is 0 Å². The first kappa shape index (κ1) is 16.0. The molecule has 23 heavy (non-hydrogen) atoms. The van der Waals surface area contributed by atoms with Gasteiger partial charge in [0.25, 0.3) is 0 Å². The summed E-state index contributed by atoms with van der Waals surface area (Å²) in [6.07, 6.45) is 0.0816. The molecule has 2 aromatic rings. The summed E-state index contributed by atoms with van der Waals surface area (Å²) < 4.78 is 0. The van der Waals surface area contributed by atoms with Crippen molar-refractivity contribution in [2.45, 2.75) is 19.4 Å². The smallest absolute Gasteiger partial charge is 0.228 e. The third-order valence-corrected chi connectivity index (χ3v) is 4.91. The van der Waals surface area contributed by atoms with Crippen LogP contribution in [-0.4, -0.2) is 23.1 Å². The van der Waals surface area contributed by atoms with Crippen LogP contribution in [0.25, 0.3) is 0 Å². The molecule has 0 aromatic heterocycles. The third kappa shape index (κ3) is 2.99. The summed E-state index contributed by atoms with van der Waals surface area (Å²) in [5.74, 6) is -0.201. The molecule has 1 aliphatic heterocycles. The number of rotatable bonds is 2. The molecule has 0 fully saturated rings. The monoisotopic (exact) mass is 347 g/mol. The summed E-state index contributed by atoms with van der Waals surface area (Å²) in [5.41, 5.74) is 2.17. The number of benzene rings is 2. The number of Topliss-reactive ketones (excluding diaryl/α,β-unsaturated/α-hetero) is 1. The van der Waals surface area contributed by atoms with Crippen LogP contribution >= 0.6 is 23.2 Å². The quantitative estimate of drug-likeness (QED) is 0.810. The van der Waals surface area contributed by atoms with Crippen molar-refractivity contribution >= 4 is 34.9 Å². The lowest BCUT2D eigenvalue weighted by Gasteiger charge is -2.34. The molecule has 1 amide bonds. The maximum absolute atomic E-state index is 12.7. The Balaban J connectivity index is 1.88. The molecular formula is C18H15Cl2NO2. The van der Waals surface area contributed by atoms with Gasteiger partial charge in [0.15, 0.2) is 5.78 Å². The molecule has 1 atom stereocenters. The van der Waals surface area contributed by atoms with Gasteiger partial charge in [0.05, 0.1) is 19.0 Å². The van der Waals surface area contributed by atoms with Gasteiger partial charge in [0.2, 0.25) is 5.91 Å². The van der Waals surface area contributed by atoms with Crippen molar-refractivity contribution in [1.82, 2.24) is 4.90 Å². The Morgan fingerprint density at radius 1 is 1.13 bits per heavy atom. The lowest BCUT2D eigenvalue weighted by Crippen LogP contribution is -2.42. The van der Waals surface area contributed by atoms with Gasteiger partial charge >= 0.3 is 0 Å². The summed E-state index contributed by atoms with van der Waals surface area (Å²) in [7, 11) is 0. The van der Waals surface area contributed by atoms with E-state index >= 15 is 0 Å². The average Bonchev–Trinajstić information content (AvgIpc) is 2.54. The minimum absolute atomic E-state index is 0.0442. The summed E-state index contributed by atoms with van der Waals surface area (Å²) in [6, 6.07) is 12.4. The number of hydrogen-bond acceptors (Lipinski definition) is 2. The van der Waals surface area contributed by atoms with Crippen LogP contribution in [0, 0.1) is 0 Å². The van der Waals surface area contributed by atoms with E-state index < -0.39 is 0 Å². The van der Waals surface area contributed by atoms with Crippen LogP contribution in [-0.2, 0) is 11.2 Å². The Bertz CT molecular complexity index is 768. The van der Waals surface area contributed by atoms with E-state index in [0.717, 1.165) is 5.56 Å². The lowest BCUT2D eigenvalue weighted by atomic mass is 9.92. The minimum Gasteiger partial charge on any atom is -0.328 e. The number of amides is 1. The number of carbonyl (C=O) groups excluding carboxylic acids is 2. The molecule has 0 saturated carbocycles. The molecular weight excluding hydrogens is 333 g/mol. The van der Waals surface area contributed by atoms with E-state index in [1.807, 2.05) is 25.1 Å². The van der Waals surface area contributed by atoms with Crippen molar-refractivity contribution in [3.05, 3.63) is 69.2 Å². The fourth-order valence-electron chi connectivity index (χ4n) is 2.92. The van der Waals surface area contributed by atoms with Gasteiger partial charge in [0, 0.05) is 15.6 Å². The first-order valence-electron chi connectivity index (χ1n) is 7.33. The second-order valence-electron chi connectivity index (χ2n) is 5.59. The molecule has 3 rings (SSSR count). The molecule has 1 heterocycles. The van der Waals surface area contributed by atoms with Crippen molar-refractivity contribution in [2.75, 3.05) is 6.54 Å². The minimum atomic E-state index is -0.157. The zero-order chi connectivity index (χ0) is 16.6. The van der Waals surface area contributed by atoms with Crippen LogP contribution in [0.3, 0.4) is 0 Å². The van der Waals surface area contributed by atoms with Crippen molar-refractivity contribution in [3.63, 3.8) is 0 Å². The summed E-state index contributed by atoms with van der Waals surface area (Å²) in [4.78, 5) is 26.6. The third-order valence-electron chi connectivity index (χ3n) is 4.20. The normalized spacial score (nSPS) is 17.1. The number of hydrogen-bond donors (Lipinski definition) is 0. The summed E-state index contributed by atoms with van der Waals surface area (Å²) >= 11 is 12.3. The van der Waals surface area contributed by atoms with Gasteiger partial charge in [-0.25, -0.2) is 0 Å². The molecule has 0 radical (unpaired) electrons. The highest BCUT2D eigenvalue weighted by Crippen LogP contribution is 2.31. The molecule has 1 aliphatic rings. The highest BCUT2D eigenvalue weighted by atomic mass is 35.5. The first-order chi connectivity index (χ1) is 11.0. The zero-order valence-electron chi connectivity index (χ0n) is 12.6. The van der Waals surface area contributed by atoms with Gasteiger partial charge in [-0.15, -0.1) is 0 Å². The van der Waals surface area contributed by atoms with Gasteiger partial charge < -0.3 is 4.90 Å². The lowest BCUT2D eigenvalue weighted by molar-refractivity contribution is -0.132. The van der Waals surface area contributed by atoms with Crippen LogP contribution < -0.4 is 0 Å². The SMILES string of the molecule is CC1c2ccccc2C(=O)CN1C(=O)Cc1c(Cl)cccc1Cl. The van der Waals surface area contributed by atoms with E-state index in [-0.39, 0.29) is 30.7 Å². The van der Waals surface area contributed by atoms with Crippen molar-refractivity contribution in [1.29, 1.82) is 0 Å². The first-order valence-corrected chi connectivity index (χ1v) is 8.09. The Kier molecular flexibility index (Phi) is 4.42. The molecule has 3 nitrogen and oxygen atoms in total. The fourth-order valence-corrected chi connectivity index (χ4v) is 3.45. The van der Waals surface area contributed by atoms with E-state index in [1.165, 1.54) is 0 Å². The molecule has 118 valence electrons. The summed E-state index contributed by atoms with van der Waals surface area (Å²) in [5, 5.41) is 0.921. The topological polar surface area (TPSA) is 37.4 Å². The van der Waals surface area contributed by atoms with Crippen LogP contribution in [0.2, 0.25) is 10.0 Å². The standard InChI is InChI=1S/C18H15Cl2NO2/c1-11-12-5-2-3-6-13(12)17(22)10-21(11)18(23)9-14-15(19)7-4-8-16(14)20/h2-8,11H,9-10H2,1H3. The predicted molar refractivity (Wildman–Crippen MR) is 91.1 cm³/mol. The second-order valence-corrected chi connectivity index (χ2v) is 6.40. The zero-order valence-corrected chi connectivity index (χ0v) is 14.1. The maximum atomic E-state index is 12.7. The van der Waals surface area contributed by atoms with Gasteiger partial charge in [-0.3, -0.25) is 9.59 Å². The number of halogens is 2. The largest absolute Gasteiger partial charge is 0.328 e. The van der Waals surface area contributed by atoms with E-state index in [0.29, 0.717) is 21.2 Å². The molecule has 0 aliphatic carbocycles. The van der Waals surface area contributed by atoms with Crippen molar-refractivity contribution in [2.24, 2.45) is 0 Å². The Morgan fingerprint density at radius 2 is 1.78 bits per heavy atom. The van der Waals surface area contributed by atoms with Gasteiger partial charge in [0.1, 0.15) is 0 Å². The molecule has 0 bridgehead atoms. The molecule has 0 saturated heterocycles. The van der Waals surface area contributed by atoms with Gasteiger partial charge in [-0.1, -0.05) is 53.5 Å². The fraction of sp³-hybridized carbons (Fsp3) is 0.222. The molecule has 5 heteroatoms. The number of fused-ring (bicyclic) bond motifs is 1. The van der Waals surface area contributed by atoms with Crippen molar-refractivity contribution in [3.8, 4) is 0 Å². The summed E-state index contributed by atoms with van der Waals surface area (Å²) in [6.45, 7) is 2.01. The van der Waals surface area contributed by atoms with Crippen LogP contribution in [0.1, 0.15) is 34.5 Å². The van der Waals surface area contributed by atoms with E-state index in [2.05, 4.69) is 0 Å². The molecule has 0 spiro atoms.